The van der Waals surface area contributed by atoms with E-state index < -0.39 is 11.7 Å². The van der Waals surface area contributed by atoms with E-state index in [-0.39, 0.29) is 17.6 Å². The summed E-state index contributed by atoms with van der Waals surface area (Å²) >= 11 is 5.09. The van der Waals surface area contributed by atoms with E-state index in [0.717, 1.165) is 4.57 Å². The minimum Gasteiger partial charge on any atom is -0.493 e. The molecule has 3 rings (SSSR count). The van der Waals surface area contributed by atoms with Crippen molar-refractivity contribution in [3.63, 3.8) is 0 Å². The molecule has 1 aromatic heterocycles. The Bertz CT molecular complexity index is 759. The van der Waals surface area contributed by atoms with Gasteiger partial charge in [0, 0.05) is 12.1 Å². The van der Waals surface area contributed by atoms with Crippen LogP contribution in [0.1, 0.15) is 12.8 Å². The number of nitrogens with one attached hydrogen (secondary N) is 1. The topological polar surface area (TPSA) is 39.2 Å². The number of alkyl halides is 3. The van der Waals surface area contributed by atoms with Crippen LogP contribution in [0.3, 0.4) is 0 Å². The number of imidazole rings is 1. The fourth-order valence-electron chi connectivity index (χ4n) is 2.61. The van der Waals surface area contributed by atoms with Crippen molar-refractivity contribution in [1.29, 1.82) is 0 Å². The maximum absolute atomic E-state index is 13.4. The Balaban J connectivity index is 2.30. The van der Waals surface area contributed by atoms with Crippen molar-refractivity contribution < 1.29 is 22.6 Å². The Labute approximate surface area is 123 Å². The van der Waals surface area contributed by atoms with Gasteiger partial charge in [0.2, 0.25) is 0 Å². The molecule has 1 saturated carbocycles. The summed E-state index contributed by atoms with van der Waals surface area (Å²) in [5, 5.41) is 0. The maximum Gasteiger partial charge on any atom is 0.412 e. The summed E-state index contributed by atoms with van der Waals surface area (Å²) in [5.41, 5.74) is -1.04. The van der Waals surface area contributed by atoms with Crippen LogP contribution in [0.15, 0.2) is 12.1 Å². The standard InChI is InChI=1S/C13H13F3N2O2S/c1-19-9-5-7-8(6-10(9)20-2)18(11(21)17-7)12(3-4-12)13(14,15)16/h5-6H,3-4H2,1-2H3,(H,17,21). The molecule has 1 fully saturated rings. The molecule has 1 N–H and O–H groups in total. The van der Waals surface area contributed by atoms with Gasteiger partial charge in [-0.05, 0) is 25.1 Å². The molecule has 0 amide bonds. The Morgan fingerprint density at radius 1 is 1.19 bits per heavy atom. The van der Waals surface area contributed by atoms with Crippen LogP contribution in [-0.4, -0.2) is 29.9 Å². The fraction of sp³-hybridized carbons (Fsp3) is 0.462. The van der Waals surface area contributed by atoms with Gasteiger partial charge in [0.25, 0.3) is 0 Å². The number of hydrogen-bond acceptors (Lipinski definition) is 3. The molecule has 1 aliphatic carbocycles. The molecule has 4 nitrogen and oxygen atoms in total. The van der Waals surface area contributed by atoms with Gasteiger partial charge in [0.05, 0.1) is 25.3 Å². The first-order valence-electron chi connectivity index (χ1n) is 6.28. The number of H-pyrrole nitrogens is 1. The third kappa shape index (κ3) is 1.92. The van der Waals surface area contributed by atoms with Crippen molar-refractivity contribution in [3.8, 4) is 11.5 Å². The van der Waals surface area contributed by atoms with Crippen molar-refractivity contribution >= 4 is 23.3 Å². The molecule has 2 aromatic rings. The predicted octanol–water partition coefficient (Wildman–Crippen LogP) is 3.77. The molecular formula is C13H13F3N2O2S. The van der Waals surface area contributed by atoms with E-state index in [2.05, 4.69) is 4.98 Å². The minimum atomic E-state index is -4.34. The zero-order valence-corrected chi connectivity index (χ0v) is 12.2. The number of aromatic amines is 1. The van der Waals surface area contributed by atoms with E-state index in [1.807, 2.05) is 0 Å². The molecule has 0 spiro atoms. The number of aromatic nitrogens is 2. The van der Waals surface area contributed by atoms with Crippen LogP contribution in [0, 0.1) is 4.77 Å². The van der Waals surface area contributed by atoms with E-state index >= 15 is 0 Å². The largest absolute Gasteiger partial charge is 0.493 e. The molecule has 1 aliphatic rings. The molecule has 1 aromatic carbocycles. The first kappa shape index (κ1) is 14.2. The van der Waals surface area contributed by atoms with Crippen LogP contribution in [0.25, 0.3) is 11.0 Å². The van der Waals surface area contributed by atoms with Crippen molar-refractivity contribution in [2.75, 3.05) is 14.2 Å². The molecule has 0 unspecified atom stereocenters. The lowest BCUT2D eigenvalue weighted by Crippen LogP contribution is -2.34. The summed E-state index contributed by atoms with van der Waals surface area (Å²) in [7, 11) is 2.90. The number of ether oxygens (including phenoxy) is 2. The van der Waals surface area contributed by atoms with Gasteiger partial charge < -0.3 is 19.0 Å². The molecular weight excluding hydrogens is 305 g/mol. The van der Waals surface area contributed by atoms with Crippen LogP contribution in [0.4, 0.5) is 13.2 Å². The van der Waals surface area contributed by atoms with Gasteiger partial charge in [-0.2, -0.15) is 13.2 Å². The monoisotopic (exact) mass is 318 g/mol. The second-order valence-corrected chi connectivity index (χ2v) is 5.41. The lowest BCUT2D eigenvalue weighted by atomic mass is 10.2. The fourth-order valence-corrected chi connectivity index (χ4v) is 2.99. The normalized spacial score (nSPS) is 17.0. The van der Waals surface area contributed by atoms with Crippen molar-refractivity contribution in [2.24, 2.45) is 0 Å². The van der Waals surface area contributed by atoms with Gasteiger partial charge >= 0.3 is 6.18 Å². The Kier molecular flexibility index (Phi) is 2.98. The van der Waals surface area contributed by atoms with E-state index in [1.54, 1.807) is 6.07 Å². The maximum atomic E-state index is 13.4. The lowest BCUT2D eigenvalue weighted by molar-refractivity contribution is -0.179. The van der Waals surface area contributed by atoms with Gasteiger partial charge in [-0.25, -0.2) is 0 Å². The Hall–Kier alpha value is -1.70. The number of benzene rings is 1. The Morgan fingerprint density at radius 3 is 2.24 bits per heavy atom. The molecule has 0 aliphatic heterocycles. The summed E-state index contributed by atoms with van der Waals surface area (Å²) in [6.45, 7) is 0. The number of halogens is 3. The van der Waals surface area contributed by atoms with Gasteiger partial charge in [-0.1, -0.05) is 0 Å². The number of rotatable bonds is 3. The van der Waals surface area contributed by atoms with Crippen LogP contribution < -0.4 is 9.47 Å². The number of nitrogens with zero attached hydrogens (tertiary/aromatic N) is 1. The zero-order chi connectivity index (χ0) is 15.4. The highest BCUT2D eigenvalue weighted by Crippen LogP contribution is 2.56. The highest BCUT2D eigenvalue weighted by atomic mass is 32.1. The van der Waals surface area contributed by atoms with Gasteiger partial charge in [-0.15, -0.1) is 0 Å². The molecule has 8 heteroatoms. The highest BCUT2D eigenvalue weighted by Gasteiger charge is 2.65. The first-order valence-corrected chi connectivity index (χ1v) is 6.69. The average molecular weight is 318 g/mol. The molecule has 0 radical (unpaired) electrons. The Morgan fingerprint density at radius 2 is 1.76 bits per heavy atom. The minimum absolute atomic E-state index is 0.0338. The van der Waals surface area contributed by atoms with Gasteiger partial charge in [0.1, 0.15) is 5.54 Å². The van der Waals surface area contributed by atoms with Gasteiger partial charge in [-0.3, -0.25) is 0 Å². The second-order valence-electron chi connectivity index (χ2n) is 5.02. The number of hydrogen-bond donors (Lipinski definition) is 1. The molecule has 0 bridgehead atoms. The lowest BCUT2D eigenvalue weighted by Gasteiger charge is -2.22. The van der Waals surface area contributed by atoms with Crippen LogP contribution in [0.5, 0.6) is 11.5 Å². The average Bonchev–Trinajstić information content (AvgIpc) is 3.15. The third-order valence-electron chi connectivity index (χ3n) is 3.87. The summed E-state index contributed by atoms with van der Waals surface area (Å²) in [6.07, 6.45) is -4.27. The smallest absolute Gasteiger partial charge is 0.412 e. The van der Waals surface area contributed by atoms with E-state index in [1.165, 1.54) is 20.3 Å². The van der Waals surface area contributed by atoms with Crippen LogP contribution >= 0.6 is 12.2 Å². The van der Waals surface area contributed by atoms with Gasteiger partial charge in [0.15, 0.2) is 16.3 Å². The summed E-state index contributed by atoms with van der Waals surface area (Å²) < 4.78 is 51.6. The first-order chi connectivity index (χ1) is 9.84. The quantitative estimate of drug-likeness (QED) is 0.876. The molecule has 0 atom stereocenters. The molecule has 1 heterocycles. The van der Waals surface area contributed by atoms with E-state index in [4.69, 9.17) is 21.7 Å². The highest BCUT2D eigenvalue weighted by molar-refractivity contribution is 7.71. The summed E-state index contributed by atoms with van der Waals surface area (Å²) in [6, 6.07) is 3.11. The molecule has 114 valence electrons. The SMILES string of the molecule is COc1cc2[nH]c(=S)n(C3(C(F)(F)F)CC3)c2cc1OC. The van der Waals surface area contributed by atoms with Crippen molar-refractivity contribution in [1.82, 2.24) is 9.55 Å². The molecule has 21 heavy (non-hydrogen) atoms. The predicted molar refractivity (Wildman–Crippen MR) is 73.5 cm³/mol. The van der Waals surface area contributed by atoms with Crippen LogP contribution in [0.2, 0.25) is 0 Å². The number of fused-ring (bicyclic) bond motifs is 1. The zero-order valence-electron chi connectivity index (χ0n) is 11.4. The van der Waals surface area contributed by atoms with E-state index in [9.17, 15) is 13.2 Å². The second kappa shape index (κ2) is 4.40. The van der Waals surface area contributed by atoms with Crippen molar-refractivity contribution in [2.45, 2.75) is 24.6 Å². The van der Waals surface area contributed by atoms with Crippen LogP contribution in [-0.2, 0) is 5.54 Å². The summed E-state index contributed by atoms with van der Waals surface area (Å²) in [4.78, 5) is 2.81. The third-order valence-corrected chi connectivity index (χ3v) is 4.15. The number of methoxy groups -OCH3 is 2. The van der Waals surface area contributed by atoms with E-state index in [0.29, 0.717) is 22.5 Å². The summed E-state index contributed by atoms with van der Waals surface area (Å²) in [5.74, 6) is 0.802. The van der Waals surface area contributed by atoms with Crippen molar-refractivity contribution in [3.05, 3.63) is 16.9 Å². The molecule has 0 saturated heterocycles.